The fourth-order valence-corrected chi connectivity index (χ4v) is 17.4. The number of nitrogens with one attached hydrogen (secondary N) is 1. The maximum absolute atomic E-state index is 15.1. The molecule has 14 atom stereocenters. The Kier molecular flexibility index (Phi) is 11.7. The number of rotatable bonds is 9. The second kappa shape index (κ2) is 16.2. The largest absolute Gasteiger partial charge is 0.462 e. The Morgan fingerprint density at radius 2 is 1.42 bits per heavy atom. The molecule has 8 fully saturated rings. The van der Waals surface area contributed by atoms with Gasteiger partial charge in [0.15, 0.2) is 0 Å². The van der Waals surface area contributed by atoms with E-state index < -0.39 is 10.8 Å². The summed E-state index contributed by atoms with van der Waals surface area (Å²) in [5, 5.41) is 3.65. The molecule has 9 heteroatoms. The topological polar surface area (TPSA) is 111 Å². The first kappa shape index (κ1) is 46.9. The van der Waals surface area contributed by atoms with E-state index in [1.54, 1.807) is 0 Å². The first-order valence-electron chi connectivity index (χ1n) is 25.8. The molecular formula is C56H82N2O7. The molecule has 65 heavy (non-hydrogen) atoms. The molecule has 0 radical (unpaired) electrons. The summed E-state index contributed by atoms with van der Waals surface area (Å²) in [5.74, 6) is 1.34. The molecule has 8 aliphatic rings. The van der Waals surface area contributed by atoms with Gasteiger partial charge in [-0.3, -0.25) is 19.2 Å². The number of ether oxygens (including phenoxy) is 3. The van der Waals surface area contributed by atoms with Gasteiger partial charge in [-0.25, -0.2) is 0 Å². The van der Waals surface area contributed by atoms with Crippen LogP contribution in [0.1, 0.15) is 152 Å². The third-order valence-electron chi connectivity index (χ3n) is 22.0. The van der Waals surface area contributed by atoms with E-state index in [-0.39, 0.29) is 93.3 Å². The minimum Gasteiger partial charge on any atom is -0.462 e. The van der Waals surface area contributed by atoms with E-state index in [1.165, 1.54) is 12.0 Å². The lowest BCUT2D eigenvalue weighted by Crippen LogP contribution is -2.68. The number of esters is 2. The molecule has 358 valence electrons. The van der Waals surface area contributed by atoms with Crippen LogP contribution in [0.4, 0.5) is 0 Å². The number of benzene rings is 1. The molecule has 9 nitrogen and oxygen atoms in total. The van der Waals surface area contributed by atoms with Gasteiger partial charge in [0.2, 0.25) is 11.8 Å². The van der Waals surface area contributed by atoms with Gasteiger partial charge in [-0.1, -0.05) is 105 Å². The highest BCUT2D eigenvalue weighted by Gasteiger charge is 2.72. The summed E-state index contributed by atoms with van der Waals surface area (Å²) in [6.07, 6.45) is 11.4. The predicted molar refractivity (Wildman–Crippen MR) is 252 cm³/mol. The molecule has 0 bridgehead atoms. The number of carbonyl (C=O) groups is 4. The number of hydrogen-bond donors (Lipinski definition) is 1. The summed E-state index contributed by atoms with van der Waals surface area (Å²) in [7, 11) is 0. The van der Waals surface area contributed by atoms with E-state index in [9.17, 15) is 14.4 Å². The summed E-state index contributed by atoms with van der Waals surface area (Å²) in [5.41, 5.74) is 1.08. The zero-order chi connectivity index (χ0) is 46.7. The minimum atomic E-state index is -0.528. The zero-order valence-electron chi connectivity index (χ0n) is 41.7. The number of amides is 2. The monoisotopic (exact) mass is 895 g/mol. The minimum absolute atomic E-state index is 0.00969. The van der Waals surface area contributed by atoms with E-state index in [4.69, 9.17) is 14.2 Å². The van der Waals surface area contributed by atoms with Gasteiger partial charge < -0.3 is 24.4 Å². The van der Waals surface area contributed by atoms with Gasteiger partial charge in [-0.05, 0) is 146 Å². The van der Waals surface area contributed by atoms with Crippen molar-refractivity contribution >= 4 is 23.8 Å². The third kappa shape index (κ3) is 7.04. The zero-order valence-corrected chi connectivity index (χ0v) is 41.7. The first-order chi connectivity index (χ1) is 30.5. The Balaban J connectivity index is 0.878. The maximum atomic E-state index is 15.1. The highest BCUT2D eigenvalue weighted by Crippen LogP contribution is 2.78. The van der Waals surface area contributed by atoms with Crippen LogP contribution in [0, 0.1) is 85.2 Å². The van der Waals surface area contributed by atoms with E-state index >= 15 is 4.79 Å². The second-order valence-corrected chi connectivity index (χ2v) is 25.5. The van der Waals surface area contributed by atoms with Crippen LogP contribution in [0.3, 0.4) is 0 Å². The lowest BCUT2D eigenvalue weighted by molar-refractivity contribution is -0.251. The van der Waals surface area contributed by atoms with Gasteiger partial charge in [0.1, 0.15) is 12.7 Å². The van der Waals surface area contributed by atoms with Crippen LogP contribution in [0.5, 0.6) is 0 Å². The van der Waals surface area contributed by atoms with Crippen LogP contribution in [0.2, 0.25) is 0 Å². The second-order valence-electron chi connectivity index (χ2n) is 25.5. The summed E-state index contributed by atoms with van der Waals surface area (Å²) < 4.78 is 17.9. The Bertz CT molecular complexity index is 2060. The van der Waals surface area contributed by atoms with Crippen molar-refractivity contribution in [3.05, 3.63) is 48.0 Å². The predicted octanol–water partition coefficient (Wildman–Crippen LogP) is 10.4. The van der Waals surface area contributed by atoms with Gasteiger partial charge in [-0.2, -0.15) is 0 Å². The van der Waals surface area contributed by atoms with Crippen molar-refractivity contribution in [2.75, 3.05) is 26.3 Å². The maximum Gasteiger partial charge on any atom is 0.309 e. The molecule has 0 aromatic heterocycles. The lowest BCUT2D eigenvalue weighted by Gasteiger charge is -2.73. The molecule has 7 aliphatic carbocycles. The van der Waals surface area contributed by atoms with Crippen LogP contribution >= 0.6 is 0 Å². The van der Waals surface area contributed by atoms with Crippen molar-refractivity contribution in [1.29, 1.82) is 0 Å². The summed E-state index contributed by atoms with van der Waals surface area (Å²) >= 11 is 0. The Morgan fingerprint density at radius 3 is 2.08 bits per heavy atom. The quantitative estimate of drug-likeness (QED) is 0.194. The summed E-state index contributed by atoms with van der Waals surface area (Å²) in [4.78, 5) is 58.0. The van der Waals surface area contributed by atoms with Crippen LogP contribution in [0.15, 0.2) is 42.5 Å². The number of allylic oxidation sites excluding steroid dienone is 1. The smallest absolute Gasteiger partial charge is 0.309 e. The molecule has 1 unspecified atom stereocenters. The van der Waals surface area contributed by atoms with Gasteiger partial charge >= 0.3 is 11.9 Å². The van der Waals surface area contributed by atoms with Crippen LogP contribution in [-0.4, -0.2) is 67.1 Å². The van der Waals surface area contributed by atoms with Gasteiger partial charge in [0.05, 0.1) is 30.5 Å². The average Bonchev–Trinajstić information content (AvgIpc) is 3.67. The Labute approximate surface area is 390 Å². The lowest BCUT2D eigenvalue weighted by atomic mass is 9.32. The molecule has 0 spiro atoms. The average molecular weight is 895 g/mol. The fraction of sp³-hybridized carbons (Fsp3) is 0.786. The van der Waals surface area contributed by atoms with Crippen molar-refractivity contribution in [3.63, 3.8) is 0 Å². The van der Waals surface area contributed by atoms with E-state index in [0.717, 1.165) is 63.4 Å². The molecule has 1 N–H and O–H groups in total. The summed E-state index contributed by atoms with van der Waals surface area (Å²) in [6, 6.07) is 9.73. The number of carbonyl (C=O) groups excluding carboxylic acids is 4. The highest BCUT2D eigenvalue weighted by atomic mass is 16.5. The van der Waals surface area contributed by atoms with E-state index in [2.05, 4.69) is 67.3 Å². The first-order valence-corrected chi connectivity index (χ1v) is 25.8. The standard InChI is InChI=1S/C56H82N2O7/c1-34(2)36-19-24-56(49(62)57-43-32-38(51(43,5)6)46(59)58-27-29-63-30-28-58)26-25-54(10)37(45(36)56)17-18-42-53(9)22-21-44(52(7,8)41(53)20-23-55(42,54)11)65-48(61)40-31-39(50(40,3)4)47(60)64-33-35-15-13-12-14-16-35/h12-16,36-45H,1,17-33H2,2-11H3,(H,57,62)/t36-,37+,38-,39-,40+,41-,42+,43-,44-,45?,53-,54+,55+,56-/m0/s1. The fourth-order valence-electron chi connectivity index (χ4n) is 17.4. The van der Waals surface area contributed by atoms with Gasteiger partial charge in [0, 0.05) is 30.5 Å². The molecule has 1 saturated heterocycles. The summed E-state index contributed by atoms with van der Waals surface area (Å²) in [6.45, 7) is 30.5. The van der Waals surface area contributed by atoms with Crippen molar-refractivity contribution in [3.8, 4) is 0 Å². The van der Waals surface area contributed by atoms with Crippen molar-refractivity contribution in [2.24, 2.45) is 85.2 Å². The van der Waals surface area contributed by atoms with Crippen LogP contribution in [-0.2, 0) is 40.0 Å². The molecule has 9 rings (SSSR count). The third-order valence-corrected chi connectivity index (χ3v) is 22.0. The number of morpholine rings is 1. The van der Waals surface area contributed by atoms with Gasteiger partial charge in [-0.15, -0.1) is 0 Å². The van der Waals surface area contributed by atoms with Crippen molar-refractivity contribution in [2.45, 2.75) is 165 Å². The molecule has 1 heterocycles. The van der Waals surface area contributed by atoms with Crippen molar-refractivity contribution in [1.82, 2.24) is 10.2 Å². The number of fused-ring (bicyclic) bond motifs is 7. The van der Waals surface area contributed by atoms with E-state index in [0.29, 0.717) is 62.8 Å². The van der Waals surface area contributed by atoms with Crippen molar-refractivity contribution < 1.29 is 33.4 Å². The molecule has 1 aromatic rings. The van der Waals surface area contributed by atoms with E-state index in [1.807, 2.05) is 49.1 Å². The Morgan fingerprint density at radius 1 is 0.723 bits per heavy atom. The number of hydrogen-bond acceptors (Lipinski definition) is 7. The number of nitrogens with zero attached hydrogens (tertiary/aromatic N) is 1. The molecule has 7 saturated carbocycles. The Hall–Kier alpha value is -3.20. The van der Waals surface area contributed by atoms with Crippen LogP contribution in [0.25, 0.3) is 0 Å². The van der Waals surface area contributed by atoms with Gasteiger partial charge in [0.25, 0.3) is 0 Å². The molecule has 1 aromatic carbocycles. The molecule has 1 aliphatic heterocycles. The normalized spacial score (nSPS) is 43.1. The van der Waals surface area contributed by atoms with Crippen LogP contribution < -0.4 is 5.32 Å². The molecule has 2 amide bonds. The molecular weight excluding hydrogens is 813 g/mol. The SMILES string of the molecule is C=C(C)[C@@H]1CC[C@]2(C(=O)N[C@H]3C[C@@H](C(=O)N4CCOCC4)C3(C)C)CC[C@]3(C)[C@H](CC[C@@H]4[C@@]5(C)CC[C@H](OC(=O)[C@H]6C[C@@H](C(=O)OCc7ccccc7)C6(C)C)C(C)(C)[C@@H]5CC[C@]43C)C12. The highest BCUT2D eigenvalue weighted by molar-refractivity contribution is 5.86.